The minimum absolute atomic E-state index is 0.361. The maximum Gasteiger partial charge on any atom is 0.101 e. The van der Waals surface area contributed by atoms with E-state index in [-0.39, 0.29) is 0 Å². The van der Waals surface area contributed by atoms with E-state index in [2.05, 4.69) is 12.2 Å². The molecule has 3 N–H and O–H groups in total. The van der Waals surface area contributed by atoms with Crippen molar-refractivity contribution >= 4 is 0 Å². The lowest BCUT2D eigenvalue weighted by molar-refractivity contribution is 0.522. The number of nitrogens with one attached hydrogen (secondary N) is 1. The molecule has 1 atom stereocenters. The molecule has 0 saturated heterocycles. The standard InChI is InChI=1S/C9H16N2O/c1-7(4-10)11-5-9-3-8(2)12-6-9/h3,6-7,11H,4-5,10H2,1-2H3/t7-/m0/s1. The van der Waals surface area contributed by atoms with Crippen LogP contribution in [-0.4, -0.2) is 12.6 Å². The molecule has 0 aliphatic rings. The van der Waals surface area contributed by atoms with E-state index in [0.29, 0.717) is 12.6 Å². The van der Waals surface area contributed by atoms with Gasteiger partial charge in [0.15, 0.2) is 0 Å². The van der Waals surface area contributed by atoms with Gasteiger partial charge in [-0.05, 0) is 19.9 Å². The van der Waals surface area contributed by atoms with Gasteiger partial charge >= 0.3 is 0 Å². The molecule has 0 amide bonds. The molecule has 0 unspecified atom stereocenters. The van der Waals surface area contributed by atoms with E-state index in [1.54, 1.807) is 6.26 Å². The van der Waals surface area contributed by atoms with Crippen LogP contribution in [0, 0.1) is 6.92 Å². The quantitative estimate of drug-likeness (QED) is 0.706. The first-order chi connectivity index (χ1) is 5.72. The van der Waals surface area contributed by atoms with Crippen molar-refractivity contribution in [2.75, 3.05) is 6.54 Å². The first-order valence-electron chi connectivity index (χ1n) is 4.20. The van der Waals surface area contributed by atoms with Gasteiger partial charge in [0.1, 0.15) is 5.76 Å². The van der Waals surface area contributed by atoms with E-state index in [4.69, 9.17) is 10.2 Å². The van der Waals surface area contributed by atoms with Gasteiger partial charge in [-0.3, -0.25) is 0 Å². The van der Waals surface area contributed by atoms with Crippen LogP contribution < -0.4 is 11.1 Å². The largest absolute Gasteiger partial charge is 0.469 e. The molecule has 0 bridgehead atoms. The van der Waals surface area contributed by atoms with E-state index in [9.17, 15) is 0 Å². The highest BCUT2D eigenvalue weighted by molar-refractivity contribution is 5.11. The fourth-order valence-corrected chi connectivity index (χ4v) is 0.966. The summed E-state index contributed by atoms with van der Waals surface area (Å²) >= 11 is 0. The molecule has 1 heterocycles. The monoisotopic (exact) mass is 168 g/mol. The summed E-state index contributed by atoms with van der Waals surface area (Å²) in [6.07, 6.45) is 1.77. The van der Waals surface area contributed by atoms with E-state index < -0.39 is 0 Å². The van der Waals surface area contributed by atoms with Crippen LogP contribution in [0.1, 0.15) is 18.2 Å². The number of rotatable bonds is 4. The van der Waals surface area contributed by atoms with E-state index >= 15 is 0 Å². The molecular formula is C9H16N2O. The summed E-state index contributed by atoms with van der Waals surface area (Å²) in [5.74, 6) is 0.951. The van der Waals surface area contributed by atoms with Crippen molar-refractivity contribution in [2.24, 2.45) is 5.73 Å². The van der Waals surface area contributed by atoms with Crippen LogP contribution in [0.4, 0.5) is 0 Å². The average molecular weight is 168 g/mol. The van der Waals surface area contributed by atoms with E-state index in [1.165, 1.54) is 5.56 Å². The minimum atomic E-state index is 0.361. The molecule has 3 nitrogen and oxygen atoms in total. The van der Waals surface area contributed by atoms with Gasteiger partial charge in [-0.1, -0.05) is 0 Å². The first-order valence-corrected chi connectivity index (χ1v) is 4.20. The van der Waals surface area contributed by atoms with Crippen molar-refractivity contribution in [3.05, 3.63) is 23.7 Å². The molecule has 0 fully saturated rings. The molecule has 12 heavy (non-hydrogen) atoms. The molecule has 68 valence electrons. The highest BCUT2D eigenvalue weighted by atomic mass is 16.3. The van der Waals surface area contributed by atoms with Gasteiger partial charge in [0, 0.05) is 24.7 Å². The Morgan fingerprint density at radius 3 is 2.92 bits per heavy atom. The molecular weight excluding hydrogens is 152 g/mol. The Hall–Kier alpha value is -0.800. The van der Waals surface area contributed by atoms with Gasteiger partial charge < -0.3 is 15.5 Å². The van der Waals surface area contributed by atoms with Crippen LogP contribution >= 0.6 is 0 Å². The minimum Gasteiger partial charge on any atom is -0.469 e. The smallest absolute Gasteiger partial charge is 0.101 e. The molecule has 1 rings (SSSR count). The van der Waals surface area contributed by atoms with E-state index in [1.807, 2.05) is 13.0 Å². The van der Waals surface area contributed by atoms with Crippen molar-refractivity contribution in [3.8, 4) is 0 Å². The SMILES string of the molecule is Cc1cc(CN[C@@H](C)CN)co1. The van der Waals surface area contributed by atoms with Gasteiger partial charge in [0.2, 0.25) is 0 Å². The number of nitrogens with two attached hydrogens (primary N) is 1. The Bertz CT molecular complexity index is 232. The van der Waals surface area contributed by atoms with E-state index in [0.717, 1.165) is 12.3 Å². The van der Waals surface area contributed by atoms with Crippen molar-refractivity contribution < 1.29 is 4.42 Å². The Morgan fingerprint density at radius 2 is 2.42 bits per heavy atom. The third-order valence-electron chi connectivity index (χ3n) is 1.79. The predicted molar refractivity (Wildman–Crippen MR) is 48.8 cm³/mol. The van der Waals surface area contributed by atoms with Crippen LogP contribution in [0.25, 0.3) is 0 Å². The van der Waals surface area contributed by atoms with Gasteiger partial charge in [0.25, 0.3) is 0 Å². The van der Waals surface area contributed by atoms with Crippen LogP contribution in [-0.2, 0) is 6.54 Å². The lowest BCUT2D eigenvalue weighted by Gasteiger charge is -2.08. The molecule has 1 aromatic heterocycles. The molecule has 0 saturated carbocycles. The summed E-state index contributed by atoms with van der Waals surface area (Å²) in [6, 6.07) is 2.39. The third kappa shape index (κ3) is 2.68. The van der Waals surface area contributed by atoms with Crippen molar-refractivity contribution in [3.63, 3.8) is 0 Å². The number of hydrogen-bond acceptors (Lipinski definition) is 3. The van der Waals surface area contributed by atoms with Gasteiger partial charge in [-0.15, -0.1) is 0 Å². The number of hydrogen-bond donors (Lipinski definition) is 2. The van der Waals surface area contributed by atoms with Gasteiger partial charge in [-0.2, -0.15) is 0 Å². The fraction of sp³-hybridized carbons (Fsp3) is 0.556. The summed E-state index contributed by atoms with van der Waals surface area (Å²) in [5, 5.41) is 3.28. The second-order valence-electron chi connectivity index (χ2n) is 3.08. The zero-order valence-electron chi connectivity index (χ0n) is 7.63. The highest BCUT2D eigenvalue weighted by Gasteiger charge is 2.00. The van der Waals surface area contributed by atoms with Crippen LogP contribution in [0.3, 0.4) is 0 Å². The Morgan fingerprint density at radius 1 is 1.67 bits per heavy atom. The summed E-state index contributed by atoms with van der Waals surface area (Å²) < 4.78 is 5.16. The summed E-state index contributed by atoms with van der Waals surface area (Å²) in [4.78, 5) is 0. The summed E-state index contributed by atoms with van der Waals surface area (Å²) in [7, 11) is 0. The van der Waals surface area contributed by atoms with Crippen molar-refractivity contribution in [1.82, 2.24) is 5.32 Å². The summed E-state index contributed by atoms with van der Waals surface area (Å²) in [6.45, 7) is 5.50. The average Bonchev–Trinajstić information content (AvgIpc) is 2.47. The zero-order valence-corrected chi connectivity index (χ0v) is 7.63. The molecule has 0 aromatic carbocycles. The second kappa shape index (κ2) is 4.28. The Labute approximate surface area is 72.9 Å². The fourth-order valence-electron chi connectivity index (χ4n) is 0.966. The van der Waals surface area contributed by atoms with Crippen LogP contribution in [0.5, 0.6) is 0 Å². The number of furan rings is 1. The van der Waals surface area contributed by atoms with Crippen LogP contribution in [0.15, 0.2) is 16.7 Å². The maximum atomic E-state index is 5.46. The van der Waals surface area contributed by atoms with Crippen molar-refractivity contribution in [2.45, 2.75) is 26.4 Å². The predicted octanol–water partition coefficient (Wildman–Crippen LogP) is 1.02. The van der Waals surface area contributed by atoms with Gasteiger partial charge in [-0.25, -0.2) is 0 Å². The molecule has 0 spiro atoms. The molecule has 3 heteroatoms. The second-order valence-corrected chi connectivity index (χ2v) is 3.08. The molecule has 0 radical (unpaired) electrons. The Balaban J connectivity index is 2.33. The van der Waals surface area contributed by atoms with Crippen LogP contribution in [0.2, 0.25) is 0 Å². The van der Waals surface area contributed by atoms with Gasteiger partial charge in [0.05, 0.1) is 6.26 Å². The maximum absolute atomic E-state index is 5.46. The lowest BCUT2D eigenvalue weighted by atomic mass is 10.3. The normalized spacial score (nSPS) is 13.2. The number of aryl methyl sites for hydroxylation is 1. The zero-order chi connectivity index (χ0) is 8.97. The first kappa shape index (κ1) is 9.29. The lowest BCUT2D eigenvalue weighted by Crippen LogP contribution is -2.32. The van der Waals surface area contributed by atoms with Crippen molar-refractivity contribution in [1.29, 1.82) is 0 Å². The molecule has 0 aliphatic carbocycles. The molecule has 0 aliphatic heterocycles. The molecule has 1 aromatic rings. The summed E-state index contributed by atoms with van der Waals surface area (Å²) in [5.41, 5.74) is 6.63. The Kier molecular flexibility index (Phi) is 3.31. The highest BCUT2D eigenvalue weighted by Crippen LogP contribution is 2.05. The third-order valence-corrected chi connectivity index (χ3v) is 1.79. The topological polar surface area (TPSA) is 51.2 Å².